The molecule has 0 radical (unpaired) electrons. The van der Waals surface area contributed by atoms with Gasteiger partial charge in [0.2, 0.25) is 0 Å². The van der Waals surface area contributed by atoms with E-state index < -0.39 is 21.4 Å². The standard InChI is InChI=1S/C18H14Cl2N2O4S/c1-26-14-6-8-15(9-7-14)27(24,25)10-16(23)17-18(20)22(11-21-17)13-4-2-12(19)3-5-13/h2-9,11H,10H2,1H3. The summed E-state index contributed by atoms with van der Waals surface area (Å²) < 4.78 is 31.5. The van der Waals surface area contributed by atoms with Gasteiger partial charge in [0.15, 0.2) is 15.6 Å². The molecule has 0 aliphatic carbocycles. The predicted octanol–water partition coefficient (Wildman–Crippen LogP) is 3.84. The van der Waals surface area contributed by atoms with E-state index in [0.29, 0.717) is 16.5 Å². The van der Waals surface area contributed by atoms with Gasteiger partial charge in [-0.25, -0.2) is 13.4 Å². The maximum atomic E-state index is 12.5. The minimum absolute atomic E-state index is 0.0184. The van der Waals surface area contributed by atoms with E-state index in [-0.39, 0.29) is 15.7 Å². The van der Waals surface area contributed by atoms with E-state index in [9.17, 15) is 13.2 Å². The number of methoxy groups -OCH3 is 1. The summed E-state index contributed by atoms with van der Waals surface area (Å²) in [7, 11) is -2.36. The fraction of sp³-hybridized carbons (Fsp3) is 0.111. The number of carbonyl (C=O) groups is 1. The second kappa shape index (κ2) is 7.72. The van der Waals surface area contributed by atoms with Gasteiger partial charge in [0.25, 0.3) is 0 Å². The third-order valence-corrected chi connectivity index (χ3v) is 6.06. The average molecular weight is 425 g/mol. The van der Waals surface area contributed by atoms with Crippen LogP contribution in [0.4, 0.5) is 0 Å². The Hall–Kier alpha value is -2.35. The minimum Gasteiger partial charge on any atom is -0.497 e. The van der Waals surface area contributed by atoms with Crippen LogP contribution in [0.3, 0.4) is 0 Å². The van der Waals surface area contributed by atoms with Crippen LogP contribution in [0.2, 0.25) is 10.2 Å². The number of sulfone groups is 1. The highest BCUT2D eigenvalue weighted by Crippen LogP contribution is 2.23. The molecule has 0 N–H and O–H groups in total. The second-order valence-electron chi connectivity index (χ2n) is 5.59. The predicted molar refractivity (Wildman–Crippen MR) is 103 cm³/mol. The third kappa shape index (κ3) is 4.16. The Kier molecular flexibility index (Phi) is 5.55. The maximum absolute atomic E-state index is 12.5. The summed E-state index contributed by atoms with van der Waals surface area (Å²) in [5.41, 5.74) is 0.540. The lowest BCUT2D eigenvalue weighted by atomic mass is 10.3. The van der Waals surface area contributed by atoms with E-state index in [4.69, 9.17) is 27.9 Å². The normalized spacial score (nSPS) is 11.4. The highest BCUT2D eigenvalue weighted by molar-refractivity contribution is 7.92. The number of rotatable bonds is 6. The summed E-state index contributed by atoms with van der Waals surface area (Å²) >= 11 is 12.1. The molecule has 0 aliphatic rings. The van der Waals surface area contributed by atoms with Crippen LogP contribution in [0, 0.1) is 0 Å². The van der Waals surface area contributed by atoms with Crippen LogP contribution in [0.15, 0.2) is 59.8 Å². The molecule has 6 nitrogen and oxygen atoms in total. The number of hydrogen-bond donors (Lipinski definition) is 0. The van der Waals surface area contributed by atoms with Gasteiger partial charge < -0.3 is 4.74 Å². The zero-order chi connectivity index (χ0) is 19.6. The lowest BCUT2D eigenvalue weighted by molar-refractivity contribution is 0.101. The molecule has 1 aromatic heterocycles. The molecular formula is C18H14Cl2N2O4S. The van der Waals surface area contributed by atoms with Gasteiger partial charge >= 0.3 is 0 Å². The number of ketones is 1. The lowest BCUT2D eigenvalue weighted by Gasteiger charge is -2.06. The number of ether oxygens (including phenoxy) is 1. The molecule has 0 fully saturated rings. The number of nitrogens with zero attached hydrogens (tertiary/aromatic N) is 2. The van der Waals surface area contributed by atoms with Crippen LogP contribution in [0.5, 0.6) is 5.75 Å². The van der Waals surface area contributed by atoms with Crippen molar-refractivity contribution in [1.29, 1.82) is 0 Å². The van der Waals surface area contributed by atoms with Gasteiger partial charge in [0.05, 0.1) is 12.0 Å². The van der Waals surface area contributed by atoms with E-state index in [2.05, 4.69) is 4.98 Å². The highest BCUT2D eigenvalue weighted by Gasteiger charge is 2.25. The number of halogens is 2. The Morgan fingerprint density at radius 1 is 1.07 bits per heavy atom. The molecule has 1 heterocycles. The topological polar surface area (TPSA) is 78.3 Å². The SMILES string of the molecule is COc1ccc(S(=O)(=O)CC(=O)c2ncn(-c3ccc(Cl)cc3)c2Cl)cc1. The molecule has 3 rings (SSSR count). The Morgan fingerprint density at radius 2 is 1.70 bits per heavy atom. The van der Waals surface area contributed by atoms with E-state index in [1.807, 2.05) is 0 Å². The fourth-order valence-corrected chi connectivity index (χ4v) is 4.03. The first kappa shape index (κ1) is 19.4. The van der Waals surface area contributed by atoms with Crippen LogP contribution in [0.1, 0.15) is 10.5 Å². The molecule has 0 spiro atoms. The second-order valence-corrected chi connectivity index (χ2v) is 8.37. The smallest absolute Gasteiger partial charge is 0.199 e. The molecule has 9 heteroatoms. The van der Waals surface area contributed by atoms with E-state index in [1.54, 1.807) is 24.3 Å². The van der Waals surface area contributed by atoms with Crippen molar-refractivity contribution in [3.63, 3.8) is 0 Å². The fourth-order valence-electron chi connectivity index (χ4n) is 2.41. The van der Waals surface area contributed by atoms with Crippen LogP contribution in [-0.4, -0.2) is 36.6 Å². The van der Waals surface area contributed by atoms with Crippen LogP contribution >= 0.6 is 23.2 Å². The number of benzene rings is 2. The summed E-state index contributed by atoms with van der Waals surface area (Å²) in [5.74, 6) is -0.912. The quantitative estimate of drug-likeness (QED) is 0.561. The number of aromatic nitrogens is 2. The number of carbonyl (C=O) groups excluding carboxylic acids is 1. The summed E-state index contributed by atoms with van der Waals surface area (Å²) in [6.45, 7) is 0. The monoisotopic (exact) mass is 424 g/mol. The van der Waals surface area contributed by atoms with Crippen molar-refractivity contribution >= 4 is 38.8 Å². The van der Waals surface area contributed by atoms with E-state index in [0.717, 1.165) is 0 Å². The van der Waals surface area contributed by atoms with Crippen LogP contribution in [-0.2, 0) is 9.84 Å². The highest BCUT2D eigenvalue weighted by atomic mass is 35.5. The number of imidazole rings is 1. The average Bonchev–Trinajstić information content (AvgIpc) is 3.03. The van der Waals surface area contributed by atoms with E-state index >= 15 is 0 Å². The third-order valence-electron chi connectivity index (χ3n) is 3.82. The molecule has 140 valence electrons. The minimum atomic E-state index is -3.84. The van der Waals surface area contributed by atoms with E-state index in [1.165, 1.54) is 42.3 Å². The summed E-state index contributed by atoms with van der Waals surface area (Å²) in [4.78, 5) is 16.5. The Bertz CT molecular complexity index is 1080. The first-order chi connectivity index (χ1) is 12.8. The summed E-state index contributed by atoms with van der Waals surface area (Å²) in [6, 6.07) is 12.5. The van der Waals surface area contributed by atoms with Crippen LogP contribution < -0.4 is 4.74 Å². The van der Waals surface area contributed by atoms with Crippen molar-refractivity contribution in [2.24, 2.45) is 0 Å². The molecule has 0 atom stereocenters. The molecular weight excluding hydrogens is 411 g/mol. The van der Waals surface area contributed by atoms with Crippen molar-refractivity contribution < 1.29 is 17.9 Å². The van der Waals surface area contributed by atoms with Crippen molar-refractivity contribution in [1.82, 2.24) is 9.55 Å². The molecule has 0 saturated carbocycles. The molecule has 0 amide bonds. The summed E-state index contributed by atoms with van der Waals surface area (Å²) in [6.07, 6.45) is 1.36. The molecule has 27 heavy (non-hydrogen) atoms. The Balaban J connectivity index is 1.84. The number of Topliss-reactive ketones (excluding diaryl/α,β-unsaturated/α-hetero) is 1. The largest absolute Gasteiger partial charge is 0.497 e. The zero-order valence-corrected chi connectivity index (χ0v) is 16.4. The first-order valence-electron chi connectivity index (χ1n) is 7.70. The van der Waals surface area contributed by atoms with Crippen LogP contribution in [0.25, 0.3) is 5.69 Å². The van der Waals surface area contributed by atoms with Crippen molar-refractivity contribution in [2.75, 3.05) is 12.9 Å². The maximum Gasteiger partial charge on any atom is 0.199 e. The van der Waals surface area contributed by atoms with Gasteiger partial charge in [-0.2, -0.15) is 0 Å². The molecule has 2 aromatic carbocycles. The molecule has 0 saturated heterocycles. The number of hydrogen-bond acceptors (Lipinski definition) is 5. The van der Waals surface area contributed by atoms with Crippen molar-refractivity contribution in [3.05, 3.63) is 70.7 Å². The molecule has 0 unspecified atom stereocenters. The lowest BCUT2D eigenvalue weighted by Crippen LogP contribution is -2.17. The van der Waals surface area contributed by atoms with Gasteiger partial charge in [0, 0.05) is 10.7 Å². The molecule has 0 bridgehead atoms. The molecule has 0 aliphatic heterocycles. The van der Waals surface area contributed by atoms with Crippen molar-refractivity contribution in [2.45, 2.75) is 4.90 Å². The Morgan fingerprint density at radius 3 is 2.30 bits per heavy atom. The van der Waals surface area contributed by atoms with Gasteiger partial charge in [0.1, 0.15) is 28.7 Å². The zero-order valence-electron chi connectivity index (χ0n) is 14.1. The van der Waals surface area contributed by atoms with Gasteiger partial charge in [-0.05, 0) is 48.5 Å². The van der Waals surface area contributed by atoms with Gasteiger partial charge in [-0.15, -0.1) is 0 Å². The van der Waals surface area contributed by atoms with Gasteiger partial charge in [-0.3, -0.25) is 9.36 Å². The first-order valence-corrected chi connectivity index (χ1v) is 10.1. The molecule has 3 aromatic rings. The van der Waals surface area contributed by atoms with Gasteiger partial charge in [-0.1, -0.05) is 23.2 Å². The van der Waals surface area contributed by atoms with Crippen molar-refractivity contribution in [3.8, 4) is 11.4 Å². The summed E-state index contributed by atoms with van der Waals surface area (Å²) in [5, 5.41) is 0.587. The Labute approximate surface area is 166 Å².